The van der Waals surface area contributed by atoms with E-state index in [0.29, 0.717) is 22.0 Å². The van der Waals surface area contributed by atoms with Gasteiger partial charge in [0.2, 0.25) is 0 Å². The maximum Gasteiger partial charge on any atom is 0.496 e. The number of nitrogens with zero attached hydrogens (tertiary/aromatic N) is 2. The van der Waals surface area contributed by atoms with Crippen LogP contribution < -0.4 is 5.46 Å². The second kappa shape index (κ2) is 8.75. The molecule has 192 valence electrons. The zero-order valence-corrected chi connectivity index (χ0v) is 22.0. The lowest BCUT2D eigenvalue weighted by Gasteiger charge is -2.32. The molecule has 1 saturated heterocycles. The van der Waals surface area contributed by atoms with E-state index < -0.39 is 34.8 Å². The third-order valence-electron chi connectivity index (χ3n) is 7.19. The second-order valence-electron chi connectivity index (χ2n) is 10.3. The molecule has 1 aliphatic heterocycles. The molecule has 5 rings (SSSR count). The fourth-order valence-electron chi connectivity index (χ4n) is 4.28. The van der Waals surface area contributed by atoms with Gasteiger partial charge in [0.1, 0.15) is 0 Å². The Morgan fingerprint density at radius 3 is 2.24 bits per heavy atom. The molecule has 2 aromatic carbocycles. The van der Waals surface area contributed by atoms with Crippen LogP contribution in [0.3, 0.4) is 0 Å². The van der Waals surface area contributed by atoms with Crippen molar-refractivity contribution in [1.29, 1.82) is 0 Å². The third kappa shape index (κ3) is 4.37. The van der Waals surface area contributed by atoms with Crippen LogP contribution in [-0.4, -0.2) is 35.7 Å². The first-order valence-corrected chi connectivity index (χ1v) is 13.3. The molecular formula is C27H27BF2N2O4S. The van der Waals surface area contributed by atoms with Gasteiger partial charge in [-0.05, 0) is 64.4 Å². The van der Waals surface area contributed by atoms with Crippen LogP contribution in [0.1, 0.15) is 45.2 Å². The second-order valence-corrected chi connectivity index (χ2v) is 12.1. The van der Waals surface area contributed by atoms with Crippen LogP contribution in [-0.2, 0) is 19.3 Å². The van der Waals surface area contributed by atoms with Crippen LogP contribution >= 0.6 is 0 Å². The van der Waals surface area contributed by atoms with Crippen molar-refractivity contribution < 1.29 is 26.5 Å². The zero-order valence-electron chi connectivity index (χ0n) is 21.2. The lowest BCUT2D eigenvalue weighted by Crippen LogP contribution is -2.41. The molecule has 0 saturated carbocycles. The molecule has 0 amide bonds. The first-order chi connectivity index (χ1) is 17.3. The zero-order chi connectivity index (χ0) is 26.8. The van der Waals surface area contributed by atoms with Gasteiger partial charge in [-0.15, -0.1) is 0 Å². The molecule has 3 heterocycles. The normalized spacial score (nSPS) is 17.1. The Morgan fingerprint density at radius 2 is 1.62 bits per heavy atom. The Labute approximate surface area is 215 Å². The summed E-state index contributed by atoms with van der Waals surface area (Å²) in [5.41, 5.74) is 1.29. The minimum Gasteiger partial charge on any atom is -0.399 e. The molecule has 0 unspecified atom stereocenters. The van der Waals surface area contributed by atoms with E-state index in [1.54, 1.807) is 24.3 Å². The van der Waals surface area contributed by atoms with E-state index in [4.69, 9.17) is 9.31 Å². The largest absolute Gasteiger partial charge is 0.496 e. The van der Waals surface area contributed by atoms with Crippen molar-refractivity contribution in [3.05, 3.63) is 78.1 Å². The molecular weight excluding hydrogens is 497 g/mol. The average molecular weight is 524 g/mol. The van der Waals surface area contributed by atoms with Gasteiger partial charge in [-0.25, -0.2) is 26.2 Å². The molecule has 6 nitrogen and oxygen atoms in total. The number of pyridine rings is 1. The molecule has 10 heteroatoms. The number of rotatable bonds is 5. The van der Waals surface area contributed by atoms with E-state index in [-0.39, 0.29) is 16.1 Å². The van der Waals surface area contributed by atoms with Gasteiger partial charge < -0.3 is 9.31 Å². The van der Waals surface area contributed by atoms with Gasteiger partial charge in [0.05, 0.1) is 16.1 Å². The maximum absolute atomic E-state index is 13.6. The molecule has 0 spiro atoms. The van der Waals surface area contributed by atoms with E-state index in [1.807, 2.05) is 34.6 Å². The lowest BCUT2D eigenvalue weighted by molar-refractivity contribution is 0.00578. The minimum absolute atomic E-state index is 0.0970. The summed E-state index contributed by atoms with van der Waals surface area (Å²) in [6, 6.07) is 14.2. The van der Waals surface area contributed by atoms with Crippen LogP contribution in [0.4, 0.5) is 8.78 Å². The highest BCUT2D eigenvalue weighted by Gasteiger charge is 2.52. The Balaban J connectivity index is 1.72. The van der Waals surface area contributed by atoms with Crippen LogP contribution in [0, 0.1) is 6.92 Å². The standard InChI is InChI=1S/C27H27BF2N2O4S/c1-17-9-11-21(12-10-17)37(33,34)32-16-23(18-7-6-8-19(13-18)24(29)30)22-14-20(15-31-25(22)32)28-35-26(2,3)27(4,5)36-28/h6-16,24H,1-5H3. The summed E-state index contributed by atoms with van der Waals surface area (Å²) in [7, 11) is -4.74. The third-order valence-corrected chi connectivity index (χ3v) is 8.85. The Bertz CT molecular complexity index is 1580. The Hall–Kier alpha value is -3.08. The van der Waals surface area contributed by atoms with Gasteiger partial charge in [-0.3, -0.25) is 0 Å². The molecule has 0 atom stereocenters. The SMILES string of the molecule is Cc1ccc(S(=O)(=O)n2cc(-c3cccc(C(F)F)c3)c3cc(B4OC(C)(C)C(C)(C)O4)cnc32)cc1. The van der Waals surface area contributed by atoms with Crippen LogP contribution in [0.2, 0.25) is 0 Å². The molecule has 2 aromatic heterocycles. The number of halogens is 2. The van der Waals surface area contributed by atoms with Crippen molar-refractivity contribution in [2.24, 2.45) is 0 Å². The molecule has 0 N–H and O–H groups in total. The molecule has 0 aliphatic carbocycles. The first-order valence-electron chi connectivity index (χ1n) is 11.9. The predicted octanol–water partition coefficient (Wildman–Crippen LogP) is 5.49. The number of fused-ring (bicyclic) bond motifs is 1. The van der Waals surface area contributed by atoms with Crippen molar-refractivity contribution in [2.75, 3.05) is 0 Å². The summed E-state index contributed by atoms with van der Waals surface area (Å²) in [6.07, 6.45) is 0.305. The predicted molar refractivity (Wildman–Crippen MR) is 140 cm³/mol. The summed E-state index contributed by atoms with van der Waals surface area (Å²) in [5, 5.41) is 0.481. The molecule has 0 radical (unpaired) electrons. The molecule has 0 bridgehead atoms. The molecule has 1 fully saturated rings. The van der Waals surface area contributed by atoms with Gasteiger partial charge in [0.15, 0.2) is 5.65 Å². The van der Waals surface area contributed by atoms with Crippen molar-refractivity contribution in [3.63, 3.8) is 0 Å². The Morgan fingerprint density at radius 1 is 0.973 bits per heavy atom. The number of aryl methyl sites for hydroxylation is 1. The van der Waals surface area contributed by atoms with E-state index in [9.17, 15) is 17.2 Å². The molecule has 1 aliphatic rings. The topological polar surface area (TPSA) is 70.4 Å². The molecule has 4 aromatic rings. The van der Waals surface area contributed by atoms with Gasteiger partial charge in [-0.1, -0.05) is 35.9 Å². The average Bonchev–Trinajstić information content (AvgIpc) is 3.33. The summed E-state index contributed by atoms with van der Waals surface area (Å²) >= 11 is 0. The summed E-state index contributed by atoms with van der Waals surface area (Å²) in [4.78, 5) is 4.61. The number of hydrogen-bond acceptors (Lipinski definition) is 5. The van der Waals surface area contributed by atoms with E-state index >= 15 is 0 Å². The fourth-order valence-corrected chi connectivity index (χ4v) is 5.61. The lowest BCUT2D eigenvalue weighted by atomic mass is 9.79. The minimum atomic E-state index is -4.02. The quantitative estimate of drug-likeness (QED) is 0.323. The van der Waals surface area contributed by atoms with Crippen molar-refractivity contribution in [1.82, 2.24) is 8.96 Å². The number of benzene rings is 2. The van der Waals surface area contributed by atoms with Crippen LogP contribution in [0.5, 0.6) is 0 Å². The van der Waals surface area contributed by atoms with Gasteiger partial charge >= 0.3 is 7.12 Å². The van der Waals surface area contributed by atoms with E-state index in [1.165, 1.54) is 42.7 Å². The van der Waals surface area contributed by atoms with Gasteiger partial charge in [0, 0.05) is 34.4 Å². The highest BCUT2D eigenvalue weighted by Crippen LogP contribution is 2.38. The smallest absolute Gasteiger partial charge is 0.399 e. The van der Waals surface area contributed by atoms with E-state index in [0.717, 1.165) is 9.54 Å². The fraction of sp³-hybridized carbons (Fsp3) is 0.296. The summed E-state index contributed by atoms with van der Waals surface area (Å²) in [5.74, 6) is 0. The first kappa shape index (κ1) is 25.6. The van der Waals surface area contributed by atoms with Gasteiger partial charge in [0.25, 0.3) is 16.4 Å². The maximum atomic E-state index is 13.6. The van der Waals surface area contributed by atoms with Gasteiger partial charge in [-0.2, -0.15) is 0 Å². The molecule has 37 heavy (non-hydrogen) atoms. The summed E-state index contributed by atoms with van der Waals surface area (Å²) in [6.45, 7) is 9.61. The number of alkyl halides is 2. The van der Waals surface area contributed by atoms with Crippen LogP contribution in [0.15, 0.2) is 71.9 Å². The van der Waals surface area contributed by atoms with Crippen LogP contribution in [0.25, 0.3) is 22.2 Å². The monoisotopic (exact) mass is 524 g/mol. The Kier molecular flexibility index (Phi) is 6.05. The van der Waals surface area contributed by atoms with Crippen molar-refractivity contribution in [3.8, 4) is 11.1 Å². The highest BCUT2D eigenvalue weighted by atomic mass is 32.2. The van der Waals surface area contributed by atoms with Crippen molar-refractivity contribution >= 4 is 33.6 Å². The number of hydrogen-bond donors (Lipinski definition) is 0. The highest BCUT2D eigenvalue weighted by molar-refractivity contribution is 7.90. The number of aromatic nitrogens is 2. The van der Waals surface area contributed by atoms with E-state index in [2.05, 4.69) is 4.98 Å². The van der Waals surface area contributed by atoms with Crippen molar-refractivity contribution in [2.45, 2.75) is 57.1 Å². The summed E-state index contributed by atoms with van der Waals surface area (Å²) < 4.78 is 67.7.